The van der Waals surface area contributed by atoms with Crippen molar-refractivity contribution in [1.82, 2.24) is 0 Å². The lowest BCUT2D eigenvalue weighted by Gasteiger charge is -2.07. The van der Waals surface area contributed by atoms with Crippen molar-refractivity contribution in [2.75, 3.05) is 0 Å². The first kappa shape index (κ1) is 18.5. The molecule has 0 aliphatic carbocycles. The van der Waals surface area contributed by atoms with Crippen LogP contribution in [0, 0.1) is 6.92 Å². The number of benzene rings is 3. The number of carbonyl (C=O) groups excluding carboxylic acids is 1. The lowest BCUT2D eigenvalue weighted by Crippen LogP contribution is -2.25. The fourth-order valence-electron chi connectivity index (χ4n) is 2.62. The molecule has 0 bridgehead atoms. The van der Waals surface area contributed by atoms with Crippen LogP contribution in [0.15, 0.2) is 88.9 Å². The minimum atomic E-state index is -4.23. The Morgan fingerprint density at radius 1 is 0.815 bits per heavy atom. The van der Waals surface area contributed by atoms with E-state index >= 15 is 0 Å². The molecule has 0 fully saturated rings. The van der Waals surface area contributed by atoms with Gasteiger partial charge in [-0.15, -0.1) is 0 Å². The second kappa shape index (κ2) is 7.55. The highest BCUT2D eigenvalue weighted by molar-refractivity contribution is 8.08. The number of aryl methyl sites for hydroxylation is 1. The number of nitrogens with zero attached hydrogens (tertiary/aromatic N) is 1. The fourth-order valence-corrected chi connectivity index (χ4v) is 3.81. The van der Waals surface area contributed by atoms with Crippen molar-refractivity contribution in [3.05, 3.63) is 90.0 Å². The Bertz CT molecular complexity index is 1090. The van der Waals surface area contributed by atoms with Gasteiger partial charge in [0, 0.05) is 5.56 Å². The topological polar surface area (TPSA) is 83.8 Å². The van der Waals surface area contributed by atoms with Gasteiger partial charge in [0.25, 0.3) is 0 Å². The molecule has 0 atom stereocenters. The summed E-state index contributed by atoms with van der Waals surface area (Å²) < 4.78 is 25.3. The van der Waals surface area contributed by atoms with Gasteiger partial charge >= 0.3 is 0 Å². The average Bonchev–Trinajstić information content (AvgIpc) is 2.69. The van der Waals surface area contributed by atoms with Crippen molar-refractivity contribution in [2.45, 2.75) is 11.8 Å². The normalized spacial score (nSPS) is 12.0. The van der Waals surface area contributed by atoms with Gasteiger partial charge in [-0.1, -0.05) is 77.4 Å². The molecule has 0 amide bonds. The van der Waals surface area contributed by atoms with Crippen molar-refractivity contribution in [1.29, 1.82) is 0 Å². The molecule has 3 rings (SSSR count). The first-order valence-corrected chi connectivity index (χ1v) is 9.66. The van der Waals surface area contributed by atoms with E-state index in [9.17, 15) is 18.4 Å². The number of carbonyl (C=O) groups is 1. The van der Waals surface area contributed by atoms with Crippen LogP contribution in [0.3, 0.4) is 0 Å². The maximum atomic E-state index is 12.7. The van der Waals surface area contributed by atoms with Gasteiger partial charge in [0.2, 0.25) is 20.7 Å². The third kappa shape index (κ3) is 3.80. The Morgan fingerprint density at radius 2 is 1.37 bits per heavy atom. The first-order chi connectivity index (χ1) is 12.9. The minimum absolute atomic E-state index is 0.102. The Labute approximate surface area is 157 Å². The zero-order valence-corrected chi connectivity index (χ0v) is 15.3. The highest BCUT2D eigenvalue weighted by Gasteiger charge is 2.30. The monoisotopic (exact) mass is 379 g/mol. The summed E-state index contributed by atoms with van der Waals surface area (Å²) in [5.74, 6) is -0.863. The largest absolute Gasteiger partial charge is 0.410 e. The van der Waals surface area contributed by atoms with Crippen molar-refractivity contribution < 1.29 is 18.4 Å². The molecule has 0 aliphatic heterocycles. The van der Waals surface area contributed by atoms with Gasteiger partial charge in [-0.05, 0) is 30.2 Å². The smallest absolute Gasteiger partial charge is 0.246 e. The van der Waals surface area contributed by atoms with E-state index in [1.807, 2.05) is 37.3 Å². The van der Waals surface area contributed by atoms with Crippen LogP contribution in [0.2, 0.25) is 0 Å². The van der Waals surface area contributed by atoms with Gasteiger partial charge in [-0.25, -0.2) is 8.42 Å². The van der Waals surface area contributed by atoms with Crippen LogP contribution in [-0.2, 0) is 9.84 Å². The zero-order chi connectivity index (χ0) is 19.4. The van der Waals surface area contributed by atoms with E-state index in [0.717, 1.165) is 16.7 Å². The van der Waals surface area contributed by atoms with Gasteiger partial charge in [0.05, 0.1) is 4.90 Å². The zero-order valence-electron chi connectivity index (χ0n) is 14.5. The number of rotatable bonds is 4. The van der Waals surface area contributed by atoms with Gasteiger partial charge in [0.1, 0.15) is 0 Å². The van der Waals surface area contributed by atoms with E-state index < -0.39 is 20.7 Å². The molecule has 0 spiro atoms. The molecule has 136 valence electrons. The SMILES string of the molecule is Cc1ccc(S(=O)(=O)/C(=N\O)C(=O)c2ccc(-c3ccccc3)cc2)cc1. The summed E-state index contributed by atoms with van der Waals surface area (Å²) in [6.07, 6.45) is 0. The molecular weight excluding hydrogens is 362 g/mol. The third-order valence-electron chi connectivity index (χ3n) is 4.13. The quantitative estimate of drug-likeness (QED) is 0.243. The molecule has 0 saturated heterocycles. The van der Waals surface area contributed by atoms with Crippen LogP contribution in [0.25, 0.3) is 11.1 Å². The average molecular weight is 379 g/mol. The Hall–Kier alpha value is -3.25. The van der Waals surface area contributed by atoms with Gasteiger partial charge in [-0.3, -0.25) is 4.79 Å². The van der Waals surface area contributed by atoms with E-state index in [4.69, 9.17) is 0 Å². The number of sulfone groups is 1. The summed E-state index contributed by atoms with van der Waals surface area (Å²) in [6, 6.07) is 22.0. The molecule has 3 aromatic rings. The molecule has 0 aliphatic rings. The van der Waals surface area contributed by atoms with Crippen molar-refractivity contribution in [3.8, 4) is 11.1 Å². The highest BCUT2D eigenvalue weighted by atomic mass is 32.2. The molecule has 6 heteroatoms. The standard InChI is InChI=1S/C21H17NO4S/c1-15-7-13-19(14-8-15)27(25,26)21(22-24)20(23)18-11-9-17(10-12-18)16-5-3-2-4-6-16/h2-14,24H,1H3/b22-21-. The molecule has 3 aromatic carbocycles. The molecular formula is C21H17NO4S. The van der Waals surface area contributed by atoms with Gasteiger partial charge < -0.3 is 5.21 Å². The van der Waals surface area contributed by atoms with Crippen LogP contribution in [0.4, 0.5) is 0 Å². The highest BCUT2D eigenvalue weighted by Crippen LogP contribution is 2.21. The molecule has 0 aromatic heterocycles. The van der Waals surface area contributed by atoms with E-state index in [1.54, 1.807) is 24.3 Å². The van der Waals surface area contributed by atoms with E-state index in [-0.39, 0.29) is 10.5 Å². The van der Waals surface area contributed by atoms with E-state index in [0.29, 0.717) is 0 Å². The fraction of sp³-hybridized carbons (Fsp3) is 0.0476. The van der Waals surface area contributed by atoms with Crippen LogP contribution < -0.4 is 0 Å². The number of Topliss-reactive ketones (excluding diaryl/α,β-unsaturated/α-hetero) is 1. The summed E-state index contributed by atoms with van der Waals surface area (Å²) in [5, 5.41) is 11.1. The Kier molecular flexibility index (Phi) is 5.19. The molecule has 0 unspecified atom stereocenters. The summed E-state index contributed by atoms with van der Waals surface area (Å²) in [7, 11) is -4.23. The second-order valence-corrected chi connectivity index (χ2v) is 7.86. The number of ketones is 1. The van der Waals surface area contributed by atoms with Gasteiger partial charge in [0.15, 0.2) is 0 Å². The summed E-state index contributed by atoms with van der Waals surface area (Å²) in [6.45, 7) is 1.82. The number of oxime groups is 1. The maximum absolute atomic E-state index is 12.7. The minimum Gasteiger partial charge on any atom is -0.410 e. The van der Waals surface area contributed by atoms with Crippen molar-refractivity contribution in [3.63, 3.8) is 0 Å². The summed E-state index contributed by atoms with van der Waals surface area (Å²) in [4.78, 5) is 12.5. The lowest BCUT2D eigenvalue weighted by atomic mass is 10.0. The first-order valence-electron chi connectivity index (χ1n) is 8.17. The van der Waals surface area contributed by atoms with Crippen LogP contribution in [0.1, 0.15) is 15.9 Å². The van der Waals surface area contributed by atoms with Crippen molar-refractivity contribution in [2.24, 2.45) is 5.16 Å². The molecule has 0 radical (unpaired) electrons. The summed E-state index contributed by atoms with van der Waals surface area (Å²) in [5.41, 5.74) is 2.85. The summed E-state index contributed by atoms with van der Waals surface area (Å²) >= 11 is 0. The van der Waals surface area contributed by atoms with Crippen LogP contribution in [0.5, 0.6) is 0 Å². The molecule has 1 N–H and O–H groups in total. The molecule has 27 heavy (non-hydrogen) atoms. The molecule has 0 heterocycles. The van der Waals surface area contributed by atoms with Crippen molar-refractivity contribution >= 4 is 20.7 Å². The predicted molar refractivity (Wildman–Crippen MR) is 104 cm³/mol. The van der Waals surface area contributed by atoms with E-state index in [1.165, 1.54) is 24.3 Å². The molecule has 0 saturated carbocycles. The number of hydrogen-bond acceptors (Lipinski definition) is 5. The third-order valence-corrected chi connectivity index (χ3v) is 5.79. The lowest BCUT2D eigenvalue weighted by molar-refractivity contribution is 0.106. The second-order valence-electron chi connectivity index (χ2n) is 5.99. The Morgan fingerprint density at radius 3 is 1.93 bits per heavy atom. The predicted octanol–water partition coefficient (Wildman–Crippen LogP) is 4.11. The number of hydrogen-bond donors (Lipinski definition) is 1. The Balaban J connectivity index is 1.92. The molecule has 5 nitrogen and oxygen atoms in total. The van der Waals surface area contributed by atoms with Gasteiger partial charge in [-0.2, -0.15) is 0 Å². The van der Waals surface area contributed by atoms with Crippen LogP contribution >= 0.6 is 0 Å². The van der Waals surface area contributed by atoms with E-state index in [2.05, 4.69) is 5.16 Å². The van der Waals surface area contributed by atoms with Crippen LogP contribution in [-0.4, -0.2) is 24.5 Å². The maximum Gasteiger partial charge on any atom is 0.246 e.